The van der Waals surface area contributed by atoms with Gasteiger partial charge in [0.05, 0.1) is 19.0 Å². The van der Waals surface area contributed by atoms with E-state index in [1.807, 2.05) is 30.9 Å². The zero-order chi connectivity index (χ0) is 13.1. The minimum Gasteiger partial charge on any atom is -0.493 e. The molecule has 0 spiro atoms. The van der Waals surface area contributed by atoms with Crippen LogP contribution in [0.3, 0.4) is 0 Å². The van der Waals surface area contributed by atoms with E-state index in [1.54, 1.807) is 18.0 Å². The summed E-state index contributed by atoms with van der Waals surface area (Å²) in [5.74, 6) is 6.36. The molecule has 18 heavy (non-hydrogen) atoms. The fourth-order valence-electron chi connectivity index (χ4n) is 1.97. The number of hydrazine groups is 1. The smallest absolute Gasteiger partial charge is 0.162 e. The van der Waals surface area contributed by atoms with Gasteiger partial charge < -0.3 is 4.74 Å². The van der Waals surface area contributed by atoms with E-state index in [0.717, 1.165) is 17.9 Å². The van der Waals surface area contributed by atoms with Crippen molar-refractivity contribution in [1.82, 2.24) is 25.0 Å². The Morgan fingerprint density at radius 3 is 2.83 bits per heavy atom. The van der Waals surface area contributed by atoms with Crippen LogP contribution in [-0.2, 0) is 13.6 Å². The maximum Gasteiger partial charge on any atom is 0.162 e. The van der Waals surface area contributed by atoms with Gasteiger partial charge in [-0.2, -0.15) is 10.2 Å². The molecule has 3 N–H and O–H groups in total. The molecule has 0 aromatic carbocycles. The molecule has 2 aromatic heterocycles. The Balaban J connectivity index is 2.46. The molecule has 0 bridgehead atoms. The highest BCUT2D eigenvalue weighted by Gasteiger charge is 2.24. The number of hydrogen-bond acceptors (Lipinski definition) is 5. The topological polar surface area (TPSA) is 82.9 Å². The Labute approximate surface area is 106 Å². The molecule has 7 heteroatoms. The molecule has 2 heterocycles. The molecule has 0 aliphatic carbocycles. The first-order valence-electron chi connectivity index (χ1n) is 5.76. The van der Waals surface area contributed by atoms with E-state index in [9.17, 15) is 0 Å². The van der Waals surface area contributed by atoms with Gasteiger partial charge in [0.2, 0.25) is 0 Å². The number of nitrogens with zero attached hydrogens (tertiary/aromatic N) is 4. The van der Waals surface area contributed by atoms with E-state index in [2.05, 4.69) is 15.6 Å². The molecular weight excluding hydrogens is 232 g/mol. The van der Waals surface area contributed by atoms with Crippen molar-refractivity contribution >= 4 is 0 Å². The lowest BCUT2D eigenvalue weighted by atomic mass is 10.1. The zero-order valence-corrected chi connectivity index (χ0v) is 10.8. The van der Waals surface area contributed by atoms with Crippen LogP contribution in [0.4, 0.5) is 0 Å². The Bertz CT molecular complexity index is 496. The van der Waals surface area contributed by atoms with Gasteiger partial charge in [-0.3, -0.25) is 15.2 Å². The summed E-state index contributed by atoms with van der Waals surface area (Å²) in [5, 5.41) is 8.63. The van der Waals surface area contributed by atoms with E-state index in [4.69, 9.17) is 10.6 Å². The quantitative estimate of drug-likeness (QED) is 0.585. The third-order valence-electron chi connectivity index (χ3n) is 2.83. The third-order valence-corrected chi connectivity index (χ3v) is 2.83. The largest absolute Gasteiger partial charge is 0.493 e. The second kappa shape index (κ2) is 5.19. The standard InChI is InChI=1S/C11H18N6O/c1-4-17-11(9(18-3)7-13-17)10(14-12)8-5-6-16(2)15-8/h5-7,10,14H,4,12H2,1-3H3. The molecule has 0 aliphatic rings. The summed E-state index contributed by atoms with van der Waals surface area (Å²) in [6, 6.07) is 1.67. The Morgan fingerprint density at radius 2 is 2.33 bits per heavy atom. The average Bonchev–Trinajstić information content (AvgIpc) is 2.97. The van der Waals surface area contributed by atoms with Crippen molar-refractivity contribution in [3.8, 4) is 5.75 Å². The second-order valence-corrected chi connectivity index (χ2v) is 3.93. The van der Waals surface area contributed by atoms with Gasteiger partial charge in [0.15, 0.2) is 5.75 Å². The molecule has 7 nitrogen and oxygen atoms in total. The first-order valence-corrected chi connectivity index (χ1v) is 5.76. The highest BCUT2D eigenvalue weighted by molar-refractivity contribution is 5.33. The molecule has 0 amide bonds. The van der Waals surface area contributed by atoms with Gasteiger partial charge >= 0.3 is 0 Å². The summed E-state index contributed by atoms with van der Waals surface area (Å²) in [6.07, 6.45) is 3.56. The lowest BCUT2D eigenvalue weighted by Gasteiger charge is -2.16. The van der Waals surface area contributed by atoms with Crippen molar-refractivity contribution in [2.24, 2.45) is 12.9 Å². The predicted octanol–water partition coefficient (Wildman–Crippen LogP) is 0.198. The Kier molecular flexibility index (Phi) is 3.63. The Hall–Kier alpha value is -1.86. The van der Waals surface area contributed by atoms with Crippen LogP contribution in [0.1, 0.15) is 24.4 Å². The van der Waals surface area contributed by atoms with Crippen LogP contribution >= 0.6 is 0 Å². The van der Waals surface area contributed by atoms with Gasteiger partial charge in [-0.1, -0.05) is 0 Å². The highest BCUT2D eigenvalue weighted by Crippen LogP contribution is 2.28. The van der Waals surface area contributed by atoms with Crippen LogP contribution in [-0.4, -0.2) is 26.7 Å². The molecular formula is C11H18N6O. The van der Waals surface area contributed by atoms with Crippen LogP contribution in [0, 0.1) is 0 Å². The van der Waals surface area contributed by atoms with Gasteiger partial charge in [-0.05, 0) is 13.0 Å². The van der Waals surface area contributed by atoms with Crippen LogP contribution in [0.25, 0.3) is 0 Å². The predicted molar refractivity (Wildman–Crippen MR) is 66.8 cm³/mol. The monoisotopic (exact) mass is 250 g/mol. The maximum absolute atomic E-state index is 5.66. The minimum absolute atomic E-state index is 0.247. The van der Waals surface area contributed by atoms with Gasteiger partial charge in [0.1, 0.15) is 11.7 Å². The Morgan fingerprint density at radius 1 is 1.56 bits per heavy atom. The van der Waals surface area contributed by atoms with Crippen molar-refractivity contribution in [2.75, 3.05) is 7.11 Å². The van der Waals surface area contributed by atoms with Crippen LogP contribution < -0.4 is 16.0 Å². The average molecular weight is 250 g/mol. The fourth-order valence-corrected chi connectivity index (χ4v) is 1.97. The molecule has 2 rings (SSSR count). The number of aryl methyl sites for hydroxylation is 2. The van der Waals surface area contributed by atoms with Gasteiger partial charge in [-0.15, -0.1) is 0 Å². The number of aromatic nitrogens is 4. The number of rotatable bonds is 5. The van der Waals surface area contributed by atoms with E-state index in [0.29, 0.717) is 5.75 Å². The zero-order valence-electron chi connectivity index (χ0n) is 10.8. The van der Waals surface area contributed by atoms with E-state index in [1.165, 1.54) is 0 Å². The van der Waals surface area contributed by atoms with Crippen LogP contribution in [0.15, 0.2) is 18.5 Å². The summed E-state index contributed by atoms with van der Waals surface area (Å²) in [4.78, 5) is 0. The SMILES string of the molecule is CCn1ncc(OC)c1C(NN)c1ccn(C)n1. The summed E-state index contributed by atoms with van der Waals surface area (Å²) in [6.45, 7) is 2.76. The van der Waals surface area contributed by atoms with Crippen molar-refractivity contribution < 1.29 is 4.74 Å². The number of nitrogens with two attached hydrogens (primary N) is 1. The lowest BCUT2D eigenvalue weighted by Crippen LogP contribution is -2.31. The van der Waals surface area contributed by atoms with Crippen molar-refractivity contribution in [1.29, 1.82) is 0 Å². The minimum atomic E-state index is -0.247. The van der Waals surface area contributed by atoms with Crippen molar-refractivity contribution in [2.45, 2.75) is 19.5 Å². The van der Waals surface area contributed by atoms with Crippen LogP contribution in [0.5, 0.6) is 5.75 Å². The number of ether oxygens (including phenoxy) is 1. The third kappa shape index (κ3) is 2.09. The van der Waals surface area contributed by atoms with Crippen LogP contribution in [0.2, 0.25) is 0 Å². The van der Waals surface area contributed by atoms with Gasteiger partial charge in [0.25, 0.3) is 0 Å². The van der Waals surface area contributed by atoms with Crippen molar-refractivity contribution in [3.05, 3.63) is 29.8 Å². The maximum atomic E-state index is 5.66. The molecule has 0 aliphatic heterocycles. The highest BCUT2D eigenvalue weighted by atomic mass is 16.5. The number of nitrogens with one attached hydrogen (secondary N) is 1. The molecule has 0 saturated heterocycles. The summed E-state index contributed by atoms with van der Waals surface area (Å²) >= 11 is 0. The molecule has 1 unspecified atom stereocenters. The molecule has 1 atom stereocenters. The fraction of sp³-hybridized carbons (Fsp3) is 0.455. The molecule has 2 aromatic rings. The summed E-state index contributed by atoms with van der Waals surface area (Å²) in [7, 11) is 3.48. The molecule has 0 fully saturated rings. The number of methoxy groups -OCH3 is 1. The van der Waals surface area contributed by atoms with Gasteiger partial charge in [0, 0.05) is 19.8 Å². The molecule has 0 saturated carbocycles. The van der Waals surface area contributed by atoms with E-state index < -0.39 is 0 Å². The molecule has 98 valence electrons. The van der Waals surface area contributed by atoms with Gasteiger partial charge in [-0.25, -0.2) is 5.43 Å². The normalized spacial score (nSPS) is 12.7. The molecule has 0 radical (unpaired) electrons. The van der Waals surface area contributed by atoms with E-state index in [-0.39, 0.29) is 6.04 Å². The van der Waals surface area contributed by atoms with Crippen molar-refractivity contribution in [3.63, 3.8) is 0 Å². The lowest BCUT2D eigenvalue weighted by molar-refractivity contribution is 0.398. The first kappa shape index (κ1) is 12.6. The number of hydrogen-bond donors (Lipinski definition) is 2. The van der Waals surface area contributed by atoms with E-state index >= 15 is 0 Å². The summed E-state index contributed by atoms with van der Waals surface area (Å²) < 4.78 is 8.91. The first-order chi connectivity index (χ1) is 8.71. The summed E-state index contributed by atoms with van der Waals surface area (Å²) in [5.41, 5.74) is 4.47. The second-order valence-electron chi connectivity index (χ2n) is 3.93.